The quantitative estimate of drug-likeness (QED) is 0.132. The summed E-state index contributed by atoms with van der Waals surface area (Å²) >= 11 is 7.87. The number of hydrogen-bond acceptors (Lipinski definition) is 5. The second-order valence-corrected chi connectivity index (χ2v) is 20.9. The van der Waals surface area contributed by atoms with Crippen LogP contribution in [0.3, 0.4) is 0 Å². The lowest BCUT2D eigenvalue weighted by Gasteiger charge is -2.25. The molecule has 4 aromatic carbocycles. The van der Waals surface area contributed by atoms with Gasteiger partial charge in [-0.1, -0.05) is 86.6 Å². The molecule has 0 radical (unpaired) electrons. The zero-order chi connectivity index (χ0) is 37.5. The van der Waals surface area contributed by atoms with Gasteiger partial charge in [-0.25, -0.2) is 0 Å². The summed E-state index contributed by atoms with van der Waals surface area (Å²) < 4.78 is 0. The lowest BCUT2D eigenvalue weighted by molar-refractivity contribution is 0.604. The molecule has 0 bridgehead atoms. The maximum atomic E-state index is 2.57. The summed E-state index contributed by atoms with van der Waals surface area (Å²) in [5.74, 6) is 0.871. The summed E-state index contributed by atoms with van der Waals surface area (Å²) in [6.07, 6.45) is 2.03. The lowest BCUT2D eigenvalue weighted by Crippen LogP contribution is -2.07. The van der Waals surface area contributed by atoms with Crippen LogP contribution in [-0.2, 0) is 18.3 Å². The van der Waals surface area contributed by atoms with Gasteiger partial charge in [-0.15, -0.1) is 45.3 Å². The Morgan fingerprint density at radius 1 is 0.547 bits per heavy atom. The van der Waals surface area contributed by atoms with Crippen molar-refractivity contribution < 1.29 is 0 Å². The minimum atomic E-state index is 0.0822. The van der Waals surface area contributed by atoms with E-state index >= 15 is 0 Å². The molecule has 0 saturated carbocycles. The monoisotopic (exact) mass is 769 g/mol. The second kappa shape index (κ2) is 13.7. The van der Waals surface area contributed by atoms with E-state index in [1.807, 2.05) is 45.3 Å². The van der Waals surface area contributed by atoms with Crippen LogP contribution in [0.25, 0.3) is 74.1 Å². The molecule has 0 spiro atoms. The molecule has 5 heteroatoms. The molecule has 53 heavy (non-hydrogen) atoms. The normalized spacial score (nSPS) is 12.5. The molecule has 0 atom stereocenters. The van der Waals surface area contributed by atoms with E-state index in [2.05, 4.69) is 154 Å². The number of thiophene rings is 4. The Balaban J connectivity index is 1.67. The van der Waals surface area contributed by atoms with Gasteiger partial charge in [0.05, 0.1) is 5.00 Å². The second-order valence-electron chi connectivity index (χ2n) is 16.5. The first-order chi connectivity index (χ1) is 25.3. The van der Waals surface area contributed by atoms with Crippen molar-refractivity contribution in [3.05, 3.63) is 98.6 Å². The highest BCUT2D eigenvalue weighted by atomic mass is 32.1. The van der Waals surface area contributed by atoms with Gasteiger partial charge in [-0.05, 0) is 122 Å². The molecule has 0 N–H and O–H groups in total. The third kappa shape index (κ3) is 6.16. The number of aryl methyl sites for hydroxylation is 2. The van der Waals surface area contributed by atoms with E-state index in [0.717, 1.165) is 12.8 Å². The van der Waals surface area contributed by atoms with Gasteiger partial charge in [0.2, 0.25) is 0 Å². The van der Waals surface area contributed by atoms with Crippen LogP contribution in [0, 0.1) is 0 Å². The highest BCUT2D eigenvalue weighted by Gasteiger charge is 2.29. The molecule has 0 saturated heterocycles. The largest absolute Gasteiger partial charge is 0.370 e. The summed E-state index contributed by atoms with van der Waals surface area (Å²) in [7, 11) is 4.32. The molecule has 4 heterocycles. The van der Waals surface area contributed by atoms with Crippen molar-refractivity contribution >= 4 is 82.7 Å². The Morgan fingerprint density at radius 3 is 1.51 bits per heavy atom. The average Bonchev–Trinajstić information content (AvgIpc) is 3.95. The van der Waals surface area contributed by atoms with Gasteiger partial charge in [0.25, 0.3) is 0 Å². The average molecular weight is 770 g/mol. The first-order valence-corrected chi connectivity index (χ1v) is 22.5. The first kappa shape index (κ1) is 36.5. The summed E-state index contributed by atoms with van der Waals surface area (Å²) in [5, 5.41) is 9.68. The number of benzene rings is 4. The van der Waals surface area contributed by atoms with Crippen LogP contribution in [0.4, 0.5) is 5.00 Å². The van der Waals surface area contributed by atoms with E-state index in [0.29, 0.717) is 11.8 Å². The van der Waals surface area contributed by atoms with Crippen LogP contribution >= 0.6 is 45.3 Å². The topological polar surface area (TPSA) is 3.24 Å². The van der Waals surface area contributed by atoms with Crippen LogP contribution < -0.4 is 4.90 Å². The SMILES string of the molecule is CCc1cc2c(-c3ccc(N(C)C)s3)c(-c3ccc(CC)s3)c3cc(C(C)C)cc4c(-c5ccc(C(C)C)s5)c(-c5ccc(C(C)(C)C)s5)c(c1)c2c34. The fourth-order valence-electron chi connectivity index (χ4n) is 7.87. The molecule has 0 fully saturated rings. The summed E-state index contributed by atoms with van der Waals surface area (Å²) in [4.78, 5) is 12.0. The molecule has 0 amide bonds. The van der Waals surface area contributed by atoms with E-state index in [1.165, 1.54) is 105 Å². The lowest BCUT2D eigenvalue weighted by atomic mass is 9.79. The maximum Gasteiger partial charge on any atom is 0.0909 e. The number of hydrogen-bond donors (Lipinski definition) is 0. The molecule has 0 aliphatic carbocycles. The Kier molecular flexibility index (Phi) is 9.41. The zero-order valence-corrected chi connectivity index (χ0v) is 36.3. The van der Waals surface area contributed by atoms with Gasteiger partial charge in [0.15, 0.2) is 0 Å². The zero-order valence-electron chi connectivity index (χ0n) is 33.1. The van der Waals surface area contributed by atoms with Crippen molar-refractivity contribution in [1.29, 1.82) is 0 Å². The Morgan fingerprint density at radius 2 is 1.06 bits per heavy atom. The number of rotatable bonds is 9. The minimum absolute atomic E-state index is 0.0822. The molecule has 272 valence electrons. The molecule has 1 nitrogen and oxygen atoms in total. The standard InChI is InChI=1S/C48H51NS4/c1-12-28-22-31-42-32(23-28)45(39-19-21-41(53-39)49(10)11)46(36-15-14-30(13-2)50-36)33-24-29(26(3)4)25-34(43(33)42)47(37-17-16-35(51-37)27(5)6)44(31)38-18-20-40(52-38)48(7,8)9/h14-27H,12-13H2,1-11H3. The van der Waals surface area contributed by atoms with Gasteiger partial charge in [-0.3, -0.25) is 0 Å². The molecule has 8 rings (SSSR count). The highest BCUT2D eigenvalue weighted by Crippen LogP contribution is 2.57. The van der Waals surface area contributed by atoms with Gasteiger partial charge in [-0.2, -0.15) is 0 Å². The fraction of sp³-hybridized carbons (Fsp3) is 0.333. The molecular weight excluding hydrogens is 719 g/mol. The first-order valence-electron chi connectivity index (χ1n) is 19.2. The van der Waals surface area contributed by atoms with Gasteiger partial charge in [0, 0.05) is 70.5 Å². The van der Waals surface area contributed by atoms with Gasteiger partial charge >= 0.3 is 0 Å². The van der Waals surface area contributed by atoms with Crippen LogP contribution in [0.2, 0.25) is 0 Å². The van der Waals surface area contributed by atoms with Crippen molar-refractivity contribution in [2.45, 2.75) is 92.4 Å². The van der Waals surface area contributed by atoms with E-state index in [9.17, 15) is 0 Å². The number of nitrogens with zero attached hydrogens (tertiary/aromatic N) is 1. The van der Waals surface area contributed by atoms with Crippen LogP contribution in [0.1, 0.15) is 99.9 Å². The number of anilines is 1. The minimum Gasteiger partial charge on any atom is -0.370 e. The van der Waals surface area contributed by atoms with E-state index in [4.69, 9.17) is 0 Å². The van der Waals surface area contributed by atoms with E-state index < -0.39 is 0 Å². The predicted molar refractivity (Wildman–Crippen MR) is 243 cm³/mol. The molecule has 8 aromatic rings. The molecule has 4 aromatic heterocycles. The van der Waals surface area contributed by atoms with Crippen molar-refractivity contribution in [3.63, 3.8) is 0 Å². The summed E-state index contributed by atoms with van der Waals surface area (Å²) in [6.45, 7) is 21.0. The predicted octanol–water partition coefficient (Wildman–Crippen LogP) is 16.2. The fourth-order valence-corrected chi connectivity index (χ4v) is 12.1. The van der Waals surface area contributed by atoms with Gasteiger partial charge < -0.3 is 4.90 Å². The maximum absolute atomic E-state index is 2.57. The van der Waals surface area contributed by atoms with E-state index in [1.54, 1.807) is 0 Å². The van der Waals surface area contributed by atoms with Gasteiger partial charge in [0.1, 0.15) is 0 Å². The molecule has 0 aliphatic rings. The smallest absolute Gasteiger partial charge is 0.0909 e. The van der Waals surface area contributed by atoms with Crippen molar-refractivity contribution in [3.8, 4) is 41.8 Å². The molecular formula is C48H51NS4. The third-order valence-electron chi connectivity index (χ3n) is 10.8. The Labute approximate surface area is 332 Å². The van der Waals surface area contributed by atoms with Crippen molar-refractivity contribution in [1.82, 2.24) is 0 Å². The van der Waals surface area contributed by atoms with E-state index in [-0.39, 0.29) is 5.41 Å². The molecule has 0 unspecified atom stereocenters. The van der Waals surface area contributed by atoms with Crippen LogP contribution in [0.15, 0.2) is 72.8 Å². The van der Waals surface area contributed by atoms with Crippen molar-refractivity contribution in [2.24, 2.45) is 0 Å². The van der Waals surface area contributed by atoms with Crippen LogP contribution in [-0.4, -0.2) is 14.1 Å². The third-order valence-corrected chi connectivity index (χ3v) is 16.3. The Hall–Kier alpha value is -3.48. The van der Waals surface area contributed by atoms with Crippen LogP contribution in [0.5, 0.6) is 0 Å². The summed E-state index contributed by atoms with van der Waals surface area (Å²) in [6, 6.07) is 29.3. The molecule has 0 aliphatic heterocycles. The Bertz CT molecular complexity index is 2610. The van der Waals surface area contributed by atoms with Crippen molar-refractivity contribution in [2.75, 3.05) is 19.0 Å². The summed E-state index contributed by atoms with van der Waals surface area (Å²) in [5.41, 5.74) is 8.48. The highest BCUT2D eigenvalue weighted by molar-refractivity contribution is 7.20.